The van der Waals surface area contributed by atoms with Gasteiger partial charge in [-0.1, -0.05) is 30.3 Å². The smallest absolute Gasteiger partial charge is 0.238 e. The van der Waals surface area contributed by atoms with Crippen LogP contribution >= 0.6 is 0 Å². The molecule has 2 aromatic carbocycles. The van der Waals surface area contributed by atoms with Crippen molar-refractivity contribution in [3.05, 3.63) is 59.7 Å². The Balaban J connectivity index is 1.57. The van der Waals surface area contributed by atoms with Crippen molar-refractivity contribution >= 4 is 16.0 Å². The maximum atomic E-state index is 11.3. The lowest BCUT2D eigenvalue weighted by Crippen LogP contribution is -2.42. The summed E-state index contributed by atoms with van der Waals surface area (Å²) in [4.78, 5) is 4.64. The normalized spacial score (nSPS) is 16.5. The Labute approximate surface area is 159 Å². The summed E-state index contributed by atoms with van der Waals surface area (Å²) in [6, 6.07) is 14.5. The van der Waals surface area contributed by atoms with Crippen molar-refractivity contribution in [1.29, 1.82) is 0 Å². The van der Waals surface area contributed by atoms with Crippen LogP contribution in [0.1, 0.15) is 18.1 Å². The Morgan fingerprint density at radius 2 is 1.93 bits per heavy atom. The number of para-hydroxylation sites is 1. The van der Waals surface area contributed by atoms with Crippen LogP contribution in [0.15, 0.2) is 58.4 Å². The van der Waals surface area contributed by atoms with E-state index in [1.54, 1.807) is 12.1 Å². The van der Waals surface area contributed by atoms with Gasteiger partial charge in [-0.3, -0.25) is 0 Å². The molecule has 0 bridgehead atoms. The molecule has 8 heteroatoms. The van der Waals surface area contributed by atoms with Crippen molar-refractivity contribution < 1.29 is 13.2 Å². The number of nitrogens with zero attached hydrogens (tertiary/aromatic N) is 1. The Morgan fingerprint density at radius 1 is 1.19 bits per heavy atom. The van der Waals surface area contributed by atoms with Gasteiger partial charge in [0.2, 0.25) is 10.0 Å². The minimum atomic E-state index is -3.67. The van der Waals surface area contributed by atoms with Crippen LogP contribution in [-0.2, 0) is 23.0 Å². The fourth-order valence-electron chi connectivity index (χ4n) is 2.87. The summed E-state index contributed by atoms with van der Waals surface area (Å²) in [5.41, 5.74) is 2.12. The summed E-state index contributed by atoms with van der Waals surface area (Å²) in [6.45, 7) is 3.80. The zero-order chi connectivity index (χ0) is 19.3. The number of hydrogen-bond donors (Lipinski definition) is 3. The second-order valence-electron chi connectivity index (χ2n) is 6.32. The molecule has 0 spiro atoms. The third-order valence-corrected chi connectivity index (χ3v) is 5.16. The molecule has 0 radical (unpaired) electrons. The summed E-state index contributed by atoms with van der Waals surface area (Å²) in [7, 11) is -3.67. The Hall–Kier alpha value is -2.58. The van der Waals surface area contributed by atoms with Gasteiger partial charge in [0.1, 0.15) is 11.9 Å². The topological polar surface area (TPSA) is 106 Å². The van der Waals surface area contributed by atoms with Crippen molar-refractivity contribution in [1.82, 2.24) is 10.6 Å². The Morgan fingerprint density at radius 3 is 2.59 bits per heavy atom. The van der Waals surface area contributed by atoms with Crippen molar-refractivity contribution in [2.75, 3.05) is 13.1 Å². The number of aliphatic imine (C=N–C) groups is 1. The molecule has 1 unspecified atom stereocenters. The number of sulfonamides is 1. The number of rotatable bonds is 6. The van der Waals surface area contributed by atoms with Gasteiger partial charge >= 0.3 is 0 Å². The fourth-order valence-corrected chi connectivity index (χ4v) is 3.39. The molecular formula is C19H24N4O3S. The van der Waals surface area contributed by atoms with Crippen LogP contribution in [0.2, 0.25) is 0 Å². The van der Waals surface area contributed by atoms with Crippen LogP contribution in [0.5, 0.6) is 5.75 Å². The number of nitrogens with one attached hydrogen (secondary N) is 2. The second-order valence-corrected chi connectivity index (χ2v) is 7.88. The van der Waals surface area contributed by atoms with Gasteiger partial charge in [-0.25, -0.2) is 18.5 Å². The van der Waals surface area contributed by atoms with E-state index in [2.05, 4.69) is 21.7 Å². The average molecular weight is 388 g/mol. The van der Waals surface area contributed by atoms with Crippen molar-refractivity contribution in [3.8, 4) is 5.75 Å². The highest BCUT2D eigenvalue weighted by atomic mass is 32.2. The molecule has 0 fully saturated rings. The van der Waals surface area contributed by atoms with Crippen LogP contribution in [0, 0.1) is 0 Å². The monoisotopic (exact) mass is 388 g/mol. The number of guanidine groups is 1. The largest absolute Gasteiger partial charge is 0.488 e. The molecule has 3 rings (SSSR count). The zero-order valence-corrected chi connectivity index (χ0v) is 16.0. The van der Waals surface area contributed by atoms with Gasteiger partial charge in [-0.05, 0) is 36.2 Å². The van der Waals surface area contributed by atoms with Gasteiger partial charge in [-0.15, -0.1) is 0 Å². The standard InChI is InChI=1S/C19H24N4O3S/c1-2-21-19(22-12-14-7-9-17(10-8-14)27(20,24)25)23-13-16-11-15-5-3-4-6-18(15)26-16/h3-10,16H,2,11-13H2,1H3,(H2,20,24,25)(H2,21,22,23). The molecule has 7 nitrogen and oxygen atoms in total. The number of hydrogen-bond acceptors (Lipinski definition) is 4. The van der Waals surface area contributed by atoms with Gasteiger partial charge < -0.3 is 15.4 Å². The molecule has 0 amide bonds. The van der Waals surface area contributed by atoms with Gasteiger partial charge in [0, 0.05) is 13.0 Å². The van der Waals surface area contributed by atoms with E-state index in [1.165, 1.54) is 17.7 Å². The number of primary sulfonamides is 1. The molecule has 0 aromatic heterocycles. The van der Waals surface area contributed by atoms with Crippen molar-refractivity contribution in [2.24, 2.45) is 10.1 Å². The van der Waals surface area contributed by atoms with E-state index >= 15 is 0 Å². The van der Waals surface area contributed by atoms with Crippen LogP contribution in [0.25, 0.3) is 0 Å². The second kappa shape index (κ2) is 8.41. The van der Waals surface area contributed by atoms with E-state index in [0.717, 1.165) is 24.3 Å². The first-order valence-electron chi connectivity index (χ1n) is 8.84. The minimum absolute atomic E-state index is 0.0697. The van der Waals surface area contributed by atoms with Gasteiger partial charge in [-0.2, -0.15) is 0 Å². The summed E-state index contributed by atoms with van der Waals surface area (Å²) in [5.74, 6) is 1.63. The molecule has 144 valence electrons. The predicted octanol–water partition coefficient (Wildman–Crippen LogP) is 1.39. The molecule has 2 aromatic rings. The maximum absolute atomic E-state index is 11.3. The average Bonchev–Trinajstić information content (AvgIpc) is 3.06. The zero-order valence-electron chi connectivity index (χ0n) is 15.2. The van der Waals surface area contributed by atoms with Gasteiger partial charge in [0.05, 0.1) is 18.0 Å². The lowest BCUT2D eigenvalue weighted by molar-refractivity contribution is 0.235. The first-order valence-corrected chi connectivity index (χ1v) is 10.4. The molecule has 27 heavy (non-hydrogen) atoms. The van der Waals surface area contributed by atoms with Crippen molar-refractivity contribution in [3.63, 3.8) is 0 Å². The highest BCUT2D eigenvalue weighted by Gasteiger charge is 2.22. The molecule has 0 saturated heterocycles. The summed E-state index contributed by atoms with van der Waals surface area (Å²) in [5, 5.41) is 11.6. The fraction of sp³-hybridized carbons (Fsp3) is 0.316. The van der Waals surface area contributed by atoms with E-state index in [1.807, 2.05) is 25.1 Å². The SMILES string of the molecule is CCNC(=NCc1ccc(S(N)(=O)=O)cc1)NCC1Cc2ccccc2O1. The highest BCUT2D eigenvalue weighted by molar-refractivity contribution is 7.89. The summed E-state index contributed by atoms with van der Waals surface area (Å²) < 4.78 is 28.5. The molecule has 0 saturated carbocycles. The lowest BCUT2D eigenvalue weighted by atomic mass is 10.1. The van der Waals surface area contributed by atoms with Gasteiger partial charge in [0.15, 0.2) is 5.96 Å². The quantitative estimate of drug-likeness (QED) is 0.512. The molecule has 4 N–H and O–H groups in total. The van der Waals surface area contributed by atoms with Crippen LogP contribution in [0.3, 0.4) is 0 Å². The number of benzene rings is 2. The number of ether oxygens (including phenoxy) is 1. The molecule has 0 aliphatic carbocycles. The van der Waals surface area contributed by atoms with E-state index in [0.29, 0.717) is 19.0 Å². The van der Waals surface area contributed by atoms with Crippen LogP contribution in [-0.4, -0.2) is 33.6 Å². The molecule has 1 atom stereocenters. The summed E-state index contributed by atoms with van der Waals surface area (Å²) in [6.07, 6.45) is 0.942. The van der Waals surface area contributed by atoms with Crippen molar-refractivity contribution in [2.45, 2.75) is 30.9 Å². The molecule has 1 heterocycles. The van der Waals surface area contributed by atoms with E-state index in [4.69, 9.17) is 9.88 Å². The first kappa shape index (κ1) is 19.2. The maximum Gasteiger partial charge on any atom is 0.238 e. The number of fused-ring (bicyclic) bond motifs is 1. The lowest BCUT2D eigenvalue weighted by Gasteiger charge is -2.15. The van der Waals surface area contributed by atoms with Gasteiger partial charge in [0.25, 0.3) is 0 Å². The van der Waals surface area contributed by atoms with Crippen LogP contribution in [0.4, 0.5) is 0 Å². The van der Waals surface area contributed by atoms with E-state index < -0.39 is 10.0 Å². The minimum Gasteiger partial charge on any atom is -0.488 e. The Bertz CT molecular complexity index is 886. The molecule has 1 aliphatic heterocycles. The third kappa shape index (κ3) is 5.21. The van der Waals surface area contributed by atoms with E-state index in [9.17, 15) is 8.42 Å². The molecular weight excluding hydrogens is 364 g/mol. The summed E-state index contributed by atoms with van der Waals surface area (Å²) >= 11 is 0. The first-order chi connectivity index (χ1) is 13.0. The number of nitrogens with two attached hydrogens (primary N) is 1. The Kier molecular flexibility index (Phi) is 5.98. The highest BCUT2D eigenvalue weighted by Crippen LogP contribution is 2.27. The predicted molar refractivity (Wildman–Crippen MR) is 105 cm³/mol. The van der Waals surface area contributed by atoms with E-state index in [-0.39, 0.29) is 11.0 Å². The van der Waals surface area contributed by atoms with Crippen LogP contribution < -0.4 is 20.5 Å². The third-order valence-electron chi connectivity index (χ3n) is 4.23. The molecule has 1 aliphatic rings.